The number of carbonyl (C=O) groups excluding carboxylic acids is 3. The third-order valence-corrected chi connectivity index (χ3v) is 2.87. The van der Waals surface area contributed by atoms with E-state index in [1.165, 1.54) is 0 Å². The van der Waals surface area contributed by atoms with E-state index < -0.39 is 6.03 Å². The van der Waals surface area contributed by atoms with Gasteiger partial charge in [0.1, 0.15) is 0 Å². The highest BCUT2D eigenvalue weighted by atomic mass is 16.2. The van der Waals surface area contributed by atoms with Crippen molar-refractivity contribution in [2.45, 2.75) is 33.4 Å². The molecule has 0 saturated carbocycles. The van der Waals surface area contributed by atoms with Gasteiger partial charge in [-0.2, -0.15) is 0 Å². The van der Waals surface area contributed by atoms with E-state index in [0.717, 1.165) is 5.56 Å². The van der Waals surface area contributed by atoms with Gasteiger partial charge in [0.05, 0.1) is 6.54 Å². The van der Waals surface area contributed by atoms with Crippen LogP contribution in [0.2, 0.25) is 0 Å². The van der Waals surface area contributed by atoms with Crippen LogP contribution in [0.5, 0.6) is 0 Å². The zero-order chi connectivity index (χ0) is 17.9. The van der Waals surface area contributed by atoms with Crippen molar-refractivity contribution in [3.8, 4) is 0 Å². The second-order valence-electron chi connectivity index (χ2n) is 5.44. The Hall–Kier alpha value is -2.77. The van der Waals surface area contributed by atoms with Crippen LogP contribution in [0.15, 0.2) is 24.3 Å². The van der Waals surface area contributed by atoms with E-state index in [-0.39, 0.29) is 24.5 Å². The van der Waals surface area contributed by atoms with E-state index in [9.17, 15) is 14.4 Å². The first kappa shape index (κ1) is 19.3. The van der Waals surface area contributed by atoms with Gasteiger partial charge in [0.25, 0.3) is 0 Å². The maximum atomic E-state index is 11.6. The van der Waals surface area contributed by atoms with Crippen LogP contribution < -0.4 is 26.6 Å². The molecule has 0 saturated heterocycles. The van der Waals surface area contributed by atoms with E-state index in [4.69, 9.17) is 0 Å². The summed E-state index contributed by atoms with van der Waals surface area (Å²) < 4.78 is 0. The van der Waals surface area contributed by atoms with Gasteiger partial charge in [0.2, 0.25) is 5.91 Å². The Labute approximate surface area is 141 Å². The zero-order valence-electron chi connectivity index (χ0n) is 14.2. The SMILES string of the molecule is CCNC(=O)CNC(=O)NCc1ccc(NC(=O)NC(C)C)cc1. The number of hydrogen-bond donors (Lipinski definition) is 5. The summed E-state index contributed by atoms with van der Waals surface area (Å²) in [6.07, 6.45) is 0. The summed E-state index contributed by atoms with van der Waals surface area (Å²) in [4.78, 5) is 34.4. The average Bonchev–Trinajstić information content (AvgIpc) is 2.51. The summed E-state index contributed by atoms with van der Waals surface area (Å²) in [6, 6.07) is 6.49. The standard InChI is InChI=1S/C16H25N5O3/c1-4-17-14(22)10-19-15(23)18-9-12-5-7-13(8-6-12)21-16(24)20-11(2)3/h5-8,11H,4,9-10H2,1-3H3,(H,17,22)(H2,18,19,23)(H2,20,21,24). The molecule has 0 bridgehead atoms. The second-order valence-corrected chi connectivity index (χ2v) is 5.44. The van der Waals surface area contributed by atoms with Crippen LogP contribution in [0.3, 0.4) is 0 Å². The van der Waals surface area contributed by atoms with Gasteiger partial charge in [-0.05, 0) is 38.5 Å². The number of nitrogens with one attached hydrogen (secondary N) is 5. The minimum Gasteiger partial charge on any atom is -0.355 e. The Morgan fingerprint density at radius 2 is 1.62 bits per heavy atom. The lowest BCUT2D eigenvalue weighted by atomic mass is 10.2. The van der Waals surface area contributed by atoms with Gasteiger partial charge in [-0.3, -0.25) is 4.79 Å². The minimum atomic E-state index is -0.417. The van der Waals surface area contributed by atoms with Gasteiger partial charge >= 0.3 is 12.1 Å². The number of urea groups is 2. The van der Waals surface area contributed by atoms with Gasteiger partial charge in [-0.1, -0.05) is 12.1 Å². The van der Waals surface area contributed by atoms with Crippen LogP contribution in [0.1, 0.15) is 26.3 Å². The van der Waals surface area contributed by atoms with Crippen molar-refractivity contribution in [1.82, 2.24) is 21.3 Å². The molecule has 1 aromatic rings. The highest BCUT2D eigenvalue weighted by molar-refractivity contribution is 5.89. The topological polar surface area (TPSA) is 111 Å². The molecule has 8 nitrogen and oxygen atoms in total. The summed E-state index contributed by atoms with van der Waals surface area (Å²) in [5.41, 5.74) is 1.54. The van der Waals surface area contributed by atoms with Gasteiger partial charge < -0.3 is 26.6 Å². The lowest BCUT2D eigenvalue weighted by Crippen LogP contribution is -2.41. The molecular formula is C16H25N5O3. The molecule has 0 radical (unpaired) electrons. The zero-order valence-corrected chi connectivity index (χ0v) is 14.2. The molecule has 0 fully saturated rings. The van der Waals surface area contributed by atoms with Crippen molar-refractivity contribution >= 4 is 23.7 Å². The van der Waals surface area contributed by atoms with Crippen LogP contribution in [-0.4, -0.2) is 37.1 Å². The lowest BCUT2D eigenvalue weighted by Gasteiger charge is -2.11. The fourth-order valence-electron chi connectivity index (χ4n) is 1.80. The van der Waals surface area contributed by atoms with E-state index in [1.54, 1.807) is 24.3 Å². The molecule has 24 heavy (non-hydrogen) atoms. The van der Waals surface area contributed by atoms with E-state index in [0.29, 0.717) is 18.8 Å². The first-order valence-corrected chi connectivity index (χ1v) is 7.85. The van der Waals surface area contributed by atoms with Crippen molar-refractivity contribution in [2.75, 3.05) is 18.4 Å². The molecule has 1 rings (SSSR count). The van der Waals surface area contributed by atoms with Crippen LogP contribution in [0.25, 0.3) is 0 Å². The van der Waals surface area contributed by atoms with E-state index >= 15 is 0 Å². The largest absolute Gasteiger partial charge is 0.355 e. The van der Waals surface area contributed by atoms with Crippen LogP contribution >= 0.6 is 0 Å². The number of amides is 5. The second kappa shape index (κ2) is 10.1. The normalized spacial score (nSPS) is 10.0. The Balaban J connectivity index is 2.35. The number of hydrogen-bond acceptors (Lipinski definition) is 3. The molecule has 0 aliphatic heterocycles. The predicted octanol–water partition coefficient (Wildman–Crippen LogP) is 1.15. The van der Waals surface area contributed by atoms with Crippen LogP contribution in [-0.2, 0) is 11.3 Å². The quantitative estimate of drug-likeness (QED) is 0.515. The lowest BCUT2D eigenvalue weighted by molar-refractivity contribution is -0.119. The molecule has 8 heteroatoms. The van der Waals surface area contributed by atoms with Gasteiger partial charge in [-0.25, -0.2) is 9.59 Å². The fourth-order valence-corrected chi connectivity index (χ4v) is 1.80. The molecule has 0 atom stereocenters. The van der Waals surface area contributed by atoms with Crippen LogP contribution in [0.4, 0.5) is 15.3 Å². The van der Waals surface area contributed by atoms with Crippen molar-refractivity contribution in [1.29, 1.82) is 0 Å². The molecule has 0 heterocycles. The number of rotatable bonds is 7. The molecule has 0 spiro atoms. The minimum absolute atomic E-state index is 0.0615. The van der Waals surface area contributed by atoms with Crippen molar-refractivity contribution < 1.29 is 14.4 Å². The average molecular weight is 335 g/mol. The molecule has 5 amide bonds. The third-order valence-electron chi connectivity index (χ3n) is 2.87. The van der Waals surface area contributed by atoms with Gasteiger partial charge in [0, 0.05) is 24.8 Å². The monoisotopic (exact) mass is 335 g/mol. The number of benzene rings is 1. The molecular weight excluding hydrogens is 310 g/mol. The van der Waals surface area contributed by atoms with Gasteiger partial charge in [-0.15, -0.1) is 0 Å². The molecule has 5 N–H and O–H groups in total. The molecule has 132 valence electrons. The Bertz CT molecular complexity index is 557. The summed E-state index contributed by atoms with van der Waals surface area (Å²) in [5.74, 6) is -0.234. The maximum Gasteiger partial charge on any atom is 0.319 e. The molecule has 1 aromatic carbocycles. The Morgan fingerprint density at radius 1 is 0.958 bits per heavy atom. The molecule has 0 aromatic heterocycles. The highest BCUT2D eigenvalue weighted by Crippen LogP contribution is 2.09. The van der Waals surface area contributed by atoms with Crippen molar-refractivity contribution in [3.63, 3.8) is 0 Å². The van der Waals surface area contributed by atoms with Crippen LogP contribution in [0, 0.1) is 0 Å². The van der Waals surface area contributed by atoms with Gasteiger partial charge in [0.15, 0.2) is 0 Å². The Morgan fingerprint density at radius 3 is 2.21 bits per heavy atom. The van der Waals surface area contributed by atoms with E-state index in [2.05, 4.69) is 26.6 Å². The summed E-state index contributed by atoms with van der Waals surface area (Å²) in [5, 5.41) is 13.2. The smallest absolute Gasteiger partial charge is 0.319 e. The van der Waals surface area contributed by atoms with Crippen molar-refractivity contribution in [2.24, 2.45) is 0 Å². The maximum absolute atomic E-state index is 11.6. The molecule has 0 aliphatic rings. The number of carbonyl (C=O) groups is 3. The number of likely N-dealkylation sites (N-methyl/N-ethyl adjacent to an activating group) is 1. The predicted molar refractivity (Wildman–Crippen MR) is 92.7 cm³/mol. The fraction of sp³-hybridized carbons (Fsp3) is 0.438. The first-order valence-electron chi connectivity index (χ1n) is 7.85. The summed E-state index contributed by atoms with van der Waals surface area (Å²) in [6.45, 7) is 6.35. The summed E-state index contributed by atoms with van der Waals surface area (Å²) >= 11 is 0. The molecule has 0 unspecified atom stereocenters. The van der Waals surface area contributed by atoms with Crippen molar-refractivity contribution in [3.05, 3.63) is 29.8 Å². The summed E-state index contributed by atoms with van der Waals surface area (Å²) in [7, 11) is 0. The third kappa shape index (κ3) is 8.02. The first-order chi connectivity index (χ1) is 11.4. The van der Waals surface area contributed by atoms with E-state index in [1.807, 2.05) is 20.8 Å². The number of anilines is 1. The highest BCUT2D eigenvalue weighted by Gasteiger charge is 2.05. The molecule has 0 aliphatic carbocycles. The Kier molecular flexibility index (Phi) is 8.10.